The van der Waals surface area contributed by atoms with Crippen LogP contribution in [0.4, 0.5) is 0 Å². The van der Waals surface area contributed by atoms with Gasteiger partial charge in [-0.05, 0) is 23.8 Å². The summed E-state index contributed by atoms with van der Waals surface area (Å²) >= 11 is 0. The predicted molar refractivity (Wildman–Crippen MR) is 97.6 cm³/mol. The van der Waals surface area contributed by atoms with Crippen molar-refractivity contribution in [2.24, 2.45) is 0 Å². The molecule has 1 aliphatic rings. The maximum Gasteiger partial charge on any atom is 0.252 e. The SMILES string of the molecule is O=C(C[C@@H]1NC(=O)c2ccccc21)NCCc1nc(-c2ccncc2)n[nH]1. The van der Waals surface area contributed by atoms with Crippen molar-refractivity contribution in [2.75, 3.05) is 6.54 Å². The Labute approximate surface area is 155 Å². The van der Waals surface area contributed by atoms with E-state index in [0.717, 1.165) is 11.1 Å². The number of carbonyl (C=O) groups is 2. The van der Waals surface area contributed by atoms with Crippen LogP contribution >= 0.6 is 0 Å². The van der Waals surface area contributed by atoms with Crippen LogP contribution in [0.5, 0.6) is 0 Å². The number of aromatic amines is 1. The summed E-state index contributed by atoms with van der Waals surface area (Å²) in [6.45, 7) is 0.437. The van der Waals surface area contributed by atoms with E-state index in [0.29, 0.717) is 30.2 Å². The lowest BCUT2D eigenvalue weighted by Crippen LogP contribution is -2.30. The highest BCUT2D eigenvalue weighted by Crippen LogP contribution is 2.27. The first-order chi connectivity index (χ1) is 13.2. The summed E-state index contributed by atoms with van der Waals surface area (Å²) in [5, 5.41) is 12.8. The summed E-state index contributed by atoms with van der Waals surface area (Å²) in [5.41, 5.74) is 2.39. The Hall–Kier alpha value is -3.55. The minimum atomic E-state index is -0.280. The molecule has 136 valence electrons. The van der Waals surface area contributed by atoms with Gasteiger partial charge in [-0.25, -0.2) is 4.98 Å². The van der Waals surface area contributed by atoms with Crippen LogP contribution in [0.25, 0.3) is 11.4 Å². The topological polar surface area (TPSA) is 113 Å². The molecule has 0 saturated carbocycles. The molecule has 0 unspecified atom stereocenters. The maximum absolute atomic E-state index is 12.2. The van der Waals surface area contributed by atoms with Gasteiger partial charge in [-0.15, -0.1) is 0 Å². The largest absolute Gasteiger partial charge is 0.356 e. The van der Waals surface area contributed by atoms with Gasteiger partial charge in [-0.2, -0.15) is 5.10 Å². The maximum atomic E-state index is 12.2. The number of benzene rings is 1. The predicted octanol–water partition coefficient (Wildman–Crippen LogP) is 1.40. The third-order valence-corrected chi connectivity index (χ3v) is 4.43. The summed E-state index contributed by atoms with van der Waals surface area (Å²) in [5.74, 6) is 1.05. The van der Waals surface area contributed by atoms with E-state index in [1.165, 1.54) is 0 Å². The highest BCUT2D eigenvalue weighted by Gasteiger charge is 2.29. The van der Waals surface area contributed by atoms with Gasteiger partial charge in [0.2, 0.25) is 5.91 Å². The smallest absolute Gasteiger partial charge is 0.252 e. The van der Waals surface area contributed by atoms with Gasteiger partial charge >= 0.3 is 0 Å². The van der Waals surface area contributed by atoms with E-state index in [1.807, 2.05) is 30.3 Å². The molecular formula is C19H18N6O2. The summed E-state index contributed by atoms with van der Waals surface area (Å²) in [7, 11) is 0. The first-order valence-corrected chi connectivity index (χ1v) is 8.69. The molecule has 0 fully saturated rings. The number of fused-ring (bicyclic) bond motifs is 1. The zero-order valence-electron chi connectivity index (χ0n) is 14.5. The van der Waals surface area contributed by atoms with E-state index in [9.17, 15) is 9.59 Å². The van der Waals surface area contributed by atoms with Crippen LogP contribution in [0.3, 0.4) is 0 Å². The monoisotopic (exact) mass is 362 g/mol. The molecule has 0 saturated heterocycles. The molecule has 1 atom stereocenters. The number of hydrogen-bond donors (Lipinski definition) is 3. The van der Waals surface area contributed by atoms with E-state index < -0.39 is 0 Å². The van der Waals surface area contributed by atoms with Gasteiger partial charge in [0, 0.05) is 36.5 Å². The fourth-order valence-corrected chi connectivity index (χ4v) is 3.10. The van der Waals surface area contributed by atoms with Gasteiger partial charge in [0.1, 0.15) is 5.82 Å². The molecule has 0 spiro atoms. The van der Waals surface area contributed by atoms with E-state index in [2.05, 4.69) is 30.8 Å². The third-order valence-electron chi connectivity index (χ3n) is 4.43. The Bertz CT molecular complexity index is 969. The molecule has 0 radical (unpaired) electrons. The van der Waals surface area contributed by atoms with E-state index in [4.69, 9.17) is 0 Å². The molecule has 3 aromatic rings. The van der Waals surface area contributed by atoms with Crippen LogP contribution in [0, 0.1) is 0 Å². The molecular weight excluding hydrogens is 344 g/mol. The van der Waals surface area contributed by atoms with Gasteiger partial charge in [0.05, 0.1) is 12.5 Å². The van der Waals surface area contributed by atoms with Gasteiger partial charge in [-0.3, -0.25) is 19.7 Å². The Morgan fingerprint density at radius 2 is 1.96 bits per heavy atom. The second kappa shape index (κ2) is 7.36. The number of carbonyl (C=O) groups excluding carboxylic acids is 2. The van der Waals surface area contributed by atoms with E-state index in [-0.39, 0.29) is 24.3 Å². The second-order valence-corrected chi connectivity index (χ2v) is 6.26. The molecule has 2 aromatic heterocycles. The molecule has 3 heterocycles. The molecule has 3 N–H and O–H groups in total. The summed E-state index contributed by atoms with van der Waals surface area (Å²) in [6, 6.07) is 10.7. The van der Waals surface area contributed by atoms with E-state index in [1.54, 1.807) is 18.5 Å². The number of nitrogens with one attached hydrogen (secondary N) is 3. The minimum absolute atomic E-state index is 0.120. The van der Waals surface area contributed by atoms with Crippen LogP contribution in [-0.4, -0.2) is 38.5 Å². The standard InChI is InChI=1S/C19H18N6O2/c26-17(11-15-13-3-1-2-4-14(13)19(27)22-15)21-10-7-16-23-18(25-24-16)12-5-8-20-9-6-12/h1-6,8-9,15H,7,10-11H2,(H,21,26)(H,22,27)(H,23,24,25)/t15-/m0/s1. The normalized spacial score (nSPS) is 15.3. The van der Waals surface area contributed by atoms with Crippen LogP contribution in [0.15, 0.2) is 48.8 Å². The van der Waals surface area contributed by atoms with Crippen LogP contribution in [0.1, 0.15) is 34.2 Å². The van der Waals surface area contributed by atoms with Gasteiger partial charge in [0.25, 0.3) is 5.91 Å². The summed E-state index contributed by atoms with van der Waals surface area (Å²) in [4.78, 5) is 32.5. The van der Waals surface area contributed by atoms with Gasteiger partial charge in [-0.1, -0.05) is 18.2 Å². The van der Waals surface area contributed by atoms with E-state index >= 15 is 0 Å². The quantitative estimate of drug-likeness (QED) is 0.613. The summed E-state index contributed by atoms with van der Waals surface area (Å²) < 4.78 is 0. The fraction of sp³-hybridized carbons (Fsp3) is 0.211. The van der Waals surface area contributed by atoms with Crippen molar-refractivity contribution in [3.63, 3.8) is 0 Å². The lowest BCUT2D eigenvalue weighted by molar-refractivity contribution is -0.121. The Morgan fingerprint density at radius 3 is 2.81 bits per heavy atom. The average Bonchev–Trinajstić information content (AvgIpc) is 3.28. The number of amides is 2. The first kappa shape index (κ1) is 16.9. The summed E-state index contributed by atoms with van der Waals surface area (Å²) in [6.07, 6.45) is 4.12. The van der Waals surface area contributed by atoms with Crippen molar-refractivity contribution < 1.29 is 9.59 Å². The van der Waals surface area contributed by atoms with Crippen LogP contribution in [0.2, 0.25) is 0 Å². The van der Waals surface area contributed by atoms with Crippen molar-refractivity contribution in [2.45, 2.75) is 18.9 Å². The molecule has 1 aliphatic heterocycles. The fourth-order valence-electron chi connectivity index (χ4n) is 3.10. The first-order valence-electron chi connectivity index (χ1n) is 8.69. The second-order valence-electron chi connectivity index (χ2n) is 6.26. The highest BCUT2D eigenvalue weighted by atomic mass is 16.2. The average molecular weight is 362 g/mol. The molecule has 2 amide bonds. The molecule has 0 bridgehead atoms. The van der Waals surface area contributed by atoms with Crippen LogP contribution < -0.4 is 10.6 Å². The lowest BCUT2D eigenvalue weighted by atomic mass is 10.0. The molecule has 0 aliphatic carbocycles. The van der Waals surface area contributed by atoms with Crippen molar-refractivity contribution in [1.29, 1.82) is 0 Å². The van der Waals surface area contributed by atoms with Crippen molar-refractivity contribution in [3.05, 3.63) is 65.7 Å². The number of hydrogen-bond acceptors (Lipinski definition) is 5. The van der Waals surface area contributed by atoms with Gasteiger partial charge in [0.15, 0.2) is 5.82 Å². The Morgan fingerprint density at radius 1 is 1.15 bits per heavy atom. The lowest BCUT2D eigenvalue weighted by Gasteiger charge is -2.11. The molecule has 8 nitrogen and oxygen atoms in total. The zero-order chi connectivity index (χ0) is 18.6. The minimum Gasteiger partial charge on any atom is -0.356 e. The molecule has 4 rings (SSSR count). The Balaban J connectivity index is 1.28. The molecule has 8 heteroatoms. The number of rotatable bonds is 6. The van der Waals surface area contributed by atoms with Crippen LogP contribution in [-0.2, 0) is 11.2 Å². The molecule has 27 heavy (non-hydrogen) atoms. The number of pyridine rings is 1. The Kier molecular flexibility index (Phi) is 4.61. The van der Waals surface area contributed by atoms with Crippen molar-refractivity contribution in [3.8, 4) is 11.4 Å². The van der Waals surface area contributed by atoms with Crippen molar-refractivity contribution in [1.82, 2.24) is 30.8 Å². The third kappa shape index (κ3) is 3.69. The highest BCUT2D eigenvalue weighted by molar-refractivity contribution is 5.99. The number of nitrogens with zero attached hydrogens (tertiary/aromatic N) is 3. The number of aromatic nitrogens is 4. The van der Waals surface area contributed by atoms with Crippen molar-refractivity contribution >= 4 is 11.8 Å². The zero-order valence-corrected chi connectivity index (χ0v) is 14.5. The van der Waals surface area contributed by atoms with Gasteiger partial charge < -0.3 is 10.6 Å². The number of H-pyrrole nitrogens is 1. The molecule has 1 aromatic carbocycles.